The lowest BCUT2D eigenvalue weighted by Crippen LogP contribution is -3.00. The summed E-state index contributed by atoms with van der Waals surface area (Å²) in [5.41, 5.74) is 2.55. The molecule has 2 aliphatic rings. The fraction of sp³-hybridized carbons (Fsp3) is 0.500. The van der Waals surface area contributed by atoms with Gasteiger partial charge in [0.15, 0.2) is 0 Å². The third kappa shape index (κ3) is 7.06. The first-order chi connectivity index (χ1) is 9.75. The lowest BCUT2D eigenvalue weighted by molar-refractivity contribution is -0.503. The van der Waals surface area contributed by atoms with Crippen molar-refractivity contribution in [1.82, 2.24) is 10.6 Å². The highest BCUT2D eigenvalue weighted by molar-refractivity contribution is 5.98. The summed E-state index contributed by atoms with van der Waals surface area (Å²) < 4.78 is 4.60. The molecule has 10 N–H and O–H groups in total. The van der Waals surface area contributed by atoms with Gasteiger partial charge in [-0.05, 0) is 24.3 Å². The summed E-state index contributed by atoms with van der Waals surface area (Å²) in [6.45, 7) is 4.41. The van der Waals surface area contributed by atoms with Crippen LogP contribution in [0.5, 0.6) is 0 Å². The summed E-state index contributed by atoms with van der Waals surface area (Å²) in [6, 6.07) is 8.88. The van der Waals surface area contributed by atoms with E-state index in [9.17, 15) is 0 Å². The van der Waals surface area contributed by atoms with E-state index in [0.717, 1.165) is 26.2 Å². The van der Waals surface area contributed by atoms with Gasteiger partial charge in [-0.15, -0.1) is 0 Å². The van der Waals surface area contributed by atoms with Gasteiger partial charge in [-0.1, -0.05) is 0 Å². The zero-order valence-corrected chi connectivity index (χ0v) is 16.7. The van der Waals surface area contributed by atoms with Crippen molar-refractivity contribution in [2.24, 2.45) is 0 Å². The van der Waals surface area contributed by atoms with Gasteiger partial charge in [0.1, 0.15) is 0 Å². The molecule has 10 heteroatoms. The molecule has 0 atom stereocenters. The van der Waals surface area contributed by atoms with Crippen molar-refractivity contribution in [3.8, 4) is 0 Å². The second-order valence-electron chi connectivity index (χ2n) is 5.68. The highest BCUT2D eigenvalue weighted by atomic mass is 35.5. The number of nitrogens with one attached hydrogen (secondary N) is 2. The van der Waals surface area contributed by atoms with E-state index in [-0.39, 0.29) is 46.7 Å². The summed E-state index contributed by atoms with van der Waals surface area (Å²) in [7, 11) is 4.31. The standard InChI is InChI=1S/C16H22N4.2ClH.4H2O/c1-19-11-3-9-17-15(19)13-5-7-14(8-6-13)16-18-10-4-12-20(16)2;;;;;;/h5-8H,3-4,9-12H2,1-2H3;2*1H;4*1H2. The average Bonchev–Trinajstić information content (AvgIpc) is 2.49. The van der Waals surface area contributed by atoms with Gasteiger partial charge in [-0.3, -0.25) is 19.8 Å². The Labute approximate surface area is 167 Å². The Bertz CT molecular complexity index is 529. The first-order valence-corrected chi connectivity index (χ1v) is 7.50. The molecule has 0 amide bonds. The van der Waals surface area contributed by atoms with Gasteiger partial charge in [0.05, 0.1) is 51.4 Å². The van der Waals surface area contributed by atoms with Gasteiger partial charge >= 0.3 is 0 Å². The van der Waals surface area contributed by atoms with Crippen LogP contribution in [-0.4, -0.2) is 83.0 Å². The molecule has 0 bridgehead atoms. The molecule has 0 radical (unpaired) electrons. The molecule has 8 nitrogen and oxygen atoms in total. The van der Waals surface area contributed by atoms with Crippen LogP contribution in [-0.2, 0) is 0 Å². The quantitative estimate of drug-likeness (QED) is 0.460. The van der Waals surface area contributed by atoms with Crippen molar-refractivity contribution in [3.05, 3.63) is 35.4 Å². The minimum absolute atomic E-state index is 0. The third-order valence-electron chi connectivity index (χ3n) is 4.12. The molecule has 0 saturated carbocycles. The smallest absolute Gasteiger partial charge is 0.276 e. The molecule has 154 valence electrons. The predicted molar refractivity (Wildman–Crippen MR) is 96.5 cm³/mol. The van der Waals surface area contributed by atoms with E-state index < -0.39 is 0 Å². The number of hydrogen-bond acceptors (Lipinski definition) is 2. The Morgan fingerprint density at radius 1 is 0.654 bits per heavy atom. The number of rotatable bonds is 2. The summed E-state index contributed by atoms with van der Waals surface area (Å²) in [6.07, 6.45) is 2.43. The van der Waals surface area contributed by atoms with Crippen LogP contribution in [0.25, 0.3) is 0 Å². The zero-order chi connectivity index (χ0) is 13.9. The van der Waals surface area contributed by atoms with Crippen LogP contribution < -0.4 is 35.4 Å². The number of amidine groups is 2. The lowest BCUT2D eigenvalue weighted by Gasteiger charge is -2.16. The fourth-order valence-corrected chi connectivity index (χ4v) is 2.97. The topological polar surface area (TPSA) is 156 Å². The minimum Gasteiger partial charge on any atom is -1.00 e. The Kier molecular flexibility index (Phi) is 18.3. The SMILES string of the molecule is C[N+]1=C(c2ccc(C3=[N+](C)CCCN3)cc2)NCCC1.O.O.O.O.[Cl-].[Cl-]. The number of nitrogens with zero attached hydrogens (tertiary/aromatic N) is 2. The second-order valence-corrected chi connectivity index (χ2v) is 5.68. The molecule has 0 saturated heterocycles. The van der Waals surface area contributed by atoms with Gasteiger partial charge < -0.3 is 46.7 Å². The van der Waals surface area contributed by atoms with E-state index in [2.05, 4.69) is 58.1 Å². The van der Waals surface area contributed by atoms with Crippen LogP contribution in [0.15, 0.2) is 24.3 Å². The summed E-state index contributed by atoms with van der Waals surface area (Å²) >= 11 is 0. The van der Waals surface area contributed by atoms with Gasteiger partial charge in [0, 0.05) is 12.8 Å². The maximum Gasteiger partial charge on any atom is 0.276 e. The maximum absolute atomic E-state index is 3.50. The number of benzene rings is 1. The zero-order valence-electron chi connectivity index (χ0n) is 15.2. The molecule has 1 aromatic rings. The van der Waals surface area contributed by atoms with Crippen molar-refractivity contribution in [2.45, 2.75) is 12.8 Å². The van der Waals surface area contributed by atoms with Gasteiger partial charge in [-0.25, -0.2) is 0 Å². The predicted octanol–water partition coefficient (Wildman–Crippen LogP) is -8.84. The van der Waals surface area contributed by atoms with Crippen LogP contribution in [0.2, 0.25) is 0 Å². The lowest BCUT2D eigenvalue weighted by atomic mass is 10.1. The molecule has 1 aromatic carbocycles. The Morgan fingerprint density at radius 3 is 1.23 bits per heavy atom. The first kappa shape index (κ1) is 32.3. The summed E-state index contributed by atoms with van der Waals surface area (Å²) in [4.78, 5) is 0. The molecule has 0 fully saturated rings. The minimum atomic E-state index is 0. The number of halogens is 2. The average molecular weight is 415 g/mol. The Morgan fingerprint density at radius 2 is 0.962 bits per heavy atom. The van der Waals surface area contributed by atoms with Crippen LogP contribution in [0.4, 0.5) is 0 Å². The molecule has 0 unspecified atom stereocenters. The largest absolute Gasteiger partial charge is 1.00 e. The molecular weight excluding hydrogens is 383 g/mol. The number of hydrogen-bond donors (Lipinski definition) is 2. The van der Waals surface area contributed by atoms with Crippen molar-refractivity contribution >= 4 is 11.7 Å². The van der Waals surface area contributed by atoms with Crippen molar-refractivity contribution in [1.29, 1.82) is 0 Å². The molecule has 26 heavy (non-hydrogen) atoms. The van der Waals surface area contributed by atoms with Gasteiger partial charge in [0.25, 0.3) is 11.7 Å². The monoisotopic (exact) mass is 414 g/mol. The third-order valence-corrected chi connectivity index (χ3v) is 4.12. The highest BCUT2D eigenvalue weighted by Crippen LogP contribution is 2.08. The van der Waals surface area contributed by atoms with Crippen molar-refractivity contribution in [2.75, 3.05) is 40.3 Å². The molecule has 0 aliphatic carbocycles. The van der Waals surface area contributed by atoms with E-state index in [1.165, 1.54) is 35.6 Å². The highest BCUT2D eigenvalue weighted by Gasteiger charge is 2.20. The van der Waals surface area contributed by atoms with E-state index >= 15 is 0 Å². The Hall–Kier alpha value is -1.42. The van der Waals surface area contributed by atoms with E-state index in [0.29, 0.717) is 0 Å². The molecule has 0 aromatic heterocycles. The fourth-order valence-electron chi connectivity index (χ4n) is 2.97. The molecule has 2 heterocycles. The van der Waals surface area contributed by atoms with Crippen LogP contribution >= 0.6 is 0 Å². The van der Waals surface area contributed by atoms with Crippen molar-refractivity contribution < 1.29 is 55.9 Å². The van der Waals surface area contributed by atoms with E-state index in [1.54, 1.807) is 0 Å². The summed E-state index contributed by atoms with van der Waals surface area (Å²) in [5.74, 6) is 2.50. The summed E-state index contributed by atoms with van der Waals surface area (Å²) in [5, 5.41) is 7.01. The van der Waals surface area contributed by atoms with Crippen LogP contribution in [0.1, 0.15) is 24.0 Å². The second kappa shape index (κ2) is 14.7. The normalized spacial score (nSPS) is 15.2. The Balaban J connectivity index is -0.000000403. The molecule has 3 rings (SSSR count). The molecule has 2 aliphatic heterocycles. The van der Waals surface area contributed by atoms with E-state index in [1.807, 2.05) is 0 Å². The van der Waals surface area contributed by atoms with Gasteiger partial charge in [0.2, 0.25) is 0 Å². The van der Waals surface area contributed by atoms with Gasteiger partial charge in [-0.2, -0.15) is 0 Å². The van der Waals surface area contributed by atoms with Crippen LogP contribution in [0, 0.1) is 0 Å². The van der Waals surface area contributed by atoms with Crippen LogP contribution in [0.3, 0.4) is 0 Å². The first-order valence-electron chi connectivity index (χ1n) is 7.50. The van der Waals surface area contributed by atoms with Crippen molar-refractivity contribution in [3.63, 3.8) is 0 Å². The van der Waals surface area contributed by atoms with E-state index in [4.69, 9.17) is 0 Å². The molecule has 0 spiro atoms. The maximum atomic E-state index is 3.50. The molecular formula is C16H32Cl2N4O4.